The van der Waals surface area contributed by atoms with Gasteiger partial charge in [-0.1, -0.05) is 18.7 Å². The minimum absolute atomic E-state index is 0.00678. The number of fused-ring (bicyclic) bond motifs is 2. The van der Waals surface area contributed by atoms with Crippen LogP contribution >= 0.6 is 0 Å². The van der Waals surface area contributed by atoms with Gasteiger partial charge in [0.25, 0.3) is 17.7 Å². The third kappa shape index (κ3) is 9.40. The number of alkyl halides is 3. The van der Waals surface area contributed by atoms with E-state index in [1.165, 1.54) is 18.2 Å². The van der Waals surface area contributed by atoms with Crippen molar-refractivity contribution in [2.45, 2.75) is 63.3 Å². The second-order valence-electron chi connectivity index (χ2n) is 16.4. The molecule has 0 radical (unpaired) electrons. The molecule has 3 aliphatic heterocycles. The van der Waals surface area contributed by atoms with E-state index in [9.17, 15) is 37.5 Å². The smallest absolute Gasteiger partial charge is 0.416 e. The van der Waals surface area contributed by atoms with Gasteiger partial charge < -0.3 is 24.5 Å². The van der Waals surface area contributed by atoms with Crippen molar-refractivity contribution >= 4 is 40.6 Å². The van der Waals surface area contributed by atoms with Crippen molar-refractivity contribution in [1.29, 1.82) is 0 Å². The van der Waals surface area contributed by atoms with Crippen LogP contribution in [0.4, 0.5) is 19.1 Å². The summed E-state index contributed by atoms with van der Waals surface area (Å²) < 4.78 is 53.9. The largest absolute Gasteiger partial charge is 0.491 e. The molecule has 1 unspecified atom stereocenters. The van der Waals surface area contributed by atoms with Crippen LogP contribution in [-0.2, 0) is 22.3 Å². The Bertz CT molecular complexity index is 2350. The molecule has 1 aromatic heterocycles. The summed E-state index contributed by atoms with van der Waals surface area (Å²) in [5, 5.41) is 15.2. The van der Waals surface area contributed by atoms with Gasteiger partial charge in [0.1, 0.15) is 18.4 Å². The number of imide groups is 1. The molecule has 328 valence electrons. The normalized spacial score (nSPS) is 21.4. The molecule has 3 aromatic carbocycles. The summed E-state index contributed by atoms with van der Waals surface area (Å²) in [6.45, 7) is 9.83. The van der Waals surface area contributed by atoms with E-state index in [0.717, 1.165) is 86.5 Å². The Balaban J connectivity index is 0.806. The summed E-state index contributed by atoms with van der Waals surface area (Å²) in [7, 11) is 0. The van der Waals surface area contributed by atoms with E-state index in [1.54, 1.807) is 12.1 Å². The van der Waals surface area contributed by atoms with Crippen molar-refractivity contribution in [2.24, 2.45) is 5.92 Å². The number of halogens is 3. The number of aliphatic hydroxyl groups is 1. The van der Waals surface area contributed by atoms with E-state index < -0.39 is 41.4 Å². The summed E-state index contributed by atoms with van der Waals surface area (Å²) in [4.78, 5) is 62.5. The molecule has 62 heavy (non-hydrogen) atoms. The zero-order chi connectivity index (χ0) is 43.5. The lowest BCUT2D eigenvalue weighted by atomic mass is 9.86. The molecule has 0 bridgehead atoms. The zero-order valence-electron chi connectivity index (χ0n) is 34.3. The highest BCUT2D eigenvalue weighted by atomic mass is 19.4. The van der Waals surface area contributed by atoms with Crippen LogP contribution in [0.25, 0.3) is 11.0 Å². The Morgan fingerprint density at radius 1 is 0.887 bits per heavy atom. The number of ether oxygens (including phenoxy) is 2. The Morgan fingerprint density at radius 2 is 1.65 bits per heavy atom. The standard InChI is InChI=1S/C45H50F3N7O7/c1-28-5-13-39(41(58)49-28)55-42(59)35-12-11-34(25-36(35)43(55)60)62-22-21-61-20-19-52-15-17-53(18-16-52)26-30-8-14-38-37(23-30)50-44(54(38)33-9-6-29(27-56)7-10-33)51-40(57)31-3-2-4-32(24-31)45(46,47)48/h2-4,8,11-12,14,23-25,29,33,39,56H,1,5-7,9-10,13,15-22,26-27H2,(H,49,58)(H,50,51,57)/t29-,33+,39?. The van der Waals surface area contributed by atoms with Gasteiger partial charge in [-0.15, -0.1) is 0 Å². The quantitative estimate of drug-likeness (QED) is 0.107. The molecule has 2 saturated heterocycles. The van der Waals surface area contributed by atoms with Crippen molar-refractivity contribution < 1.29 is 46.9 Å². The van der Waals surface area contributed by atoms with Gasteiger partial charge >= 0.3 is 6.18 Å². The lowest BCUT2D eigenvalue weighted by Crippen LogP contribution is -2.51. The van der Waals surface area contributed by atoms with E-state index in [-0.39, 0.29) is 41.9 Å². The number of amides is 4. The molecule has 0 spiro atoms. The average Bonchev–Trinajstić information content (AvgIpc) is 3.74. The lowest BCUT2D eigenvalue weighted by molar-refractivity contribution is -0.137. The van der Waals surface area contributed by atoms with Gasteiger partial charge in [-0.25, -0.2) is 4.98 Å². The zero-order valence-corrected chi connectivity index (χ0v) is 34.3. The van der Waals surface area contributed by atoms with E-state index in [1.807, 2.05) is 16.7 Å². The van der Waals surface area contributed by atoms with Crippen LogP contribution in [0.1, 0.15) is 86.8 Å². The maximum Gasteiger partial charge on any atom is 0.416 e. The Kier molecular flexibility index (Phi) is 12.8. The number of anilines is 1. The van der Waals surface area contributed by atoms with Gasteiger partial charge in [0.05, 0.1) is 40.9 Å². The van der Waals surface area contributed by atoms with Gasteiger partial charge in [0.2, 0.25) is 11.9 Å². The van der Waals surface area contributed by atoms with Gasteiger partial charge in [-0.2, -0.15) is 13.2 Å². The number of nitrogens with zero attached hydrogens (tertiary/aromatic N) is 5. The van der Waals surface area contributed by atoms with Gasteiger partial charge in [0, 0.05) is 63.2 Å². The number of nitrogens with one attached hydrogen (secondary N) is 2. The molecular weight excluding hydrogens is 808 g/mol. The molecule has 1 saturated carbocycles. The van der Waals surface area contributed by atoms with Crippen LogP contribution in [-0.4, -0.2) is 118 Å². The number of piperidine rings is 1. The molecule has 3 N–H and O–H groups in total. The fourth-order valence-electron chi connectivity index (χ4n) is 8.86. The monoisotopic (exact) mass is 857 g/mol. The van der Waals surface area contributed by atoms with Crippen LogP contribution in [0.2, 0.25) is 0 Å². The first-order valence-electron chi connectivity index (χ1n) is 21.1. The fourth-order valence-corrected chi connectivity index (χ4v) is 8.86. The first-order chi connectivity index (χ1) is 29.9. The number of carbonyl (C=O) groups excluding carboxylic acids is 4. The van der Waals surface area contributed by atoms with E-state index in [0.29, 0.717) is 55.5 Å². The van der Waals surface area contributed by atoms with Crippen LogP contribution in [0, 0.1) is 5.92 Å². The predicted octanol–water partition coefficient (Wildman–Crippen LogP) is 5.63. The van der Waals surface area contributed by atoms with Crippen molar-refractivity contribution in [3.63, 3.8) is 0 Å². The summed E-state index contributed by atoms with van der Waals surface area (Å²) in [6.07, 6.45) is -0.567. The van der Waals surface area contributed by atoms with Crippen molar-refractivity contribution in [1.82, 2.24) is 29.6 Å². The molecule has 1 atom stereocenters. The second-order valence-corrected chi connectivity index (χ2v) is 16.4. The van der Waals surface area contributed by atoms with Crippen LogP contribution in [0.3, 0.4) is 0 Å². The summed E-state index contributed by atoms with van der Waals surface area (Å²) in [6, 6.07) is 14.3. The maximum absolute atomic E-state index is 13.4. The van der Waals surface area contributed by atoms with Crippen molar-refractivity contribution in [3.05, 3.63) is 101 Å². The van der Waals surface area contributed by atoms with E-state index in [2.05, 4.69) is 33.1 Å². The summed E-state index contributed by atoms with van der Waals surface area (Å²) in [5.74, 6) is -1.15. The topological polar surface area (TPSA) is 159 Å². The molecule has 14 nitrogen and oxygen atoms in total. The number of aliphatic hydroxyl groups excluding tert-OH is 1. The molecule has 1 aliphatic carbocycles. The highest BCUT2D eigenvalue weighted by Gasteiger charge is 2.44. The molecule has 4 heterocycles. The average molecular weight is 858 g/mol. The number of hydrogen-bond acceptors (Lipinski definition) is 10. The number of carbonyl (C=O) groups is 4. The number of aromatic nitrogens is 2. The highest BCUT2D eigenvalue weighted by molar-refractivity contribution is 6.23. The number of imidazole rings is 1. The number of benzene rings is 3. The minimum Gasteiger partial charge on any atom is -0.491 e. The van der Waals surface area contributed by atoms with Gasteiger partial charge in [0.15, 0.2) is 0 Å². The van der Waals surface area contributed by atoms with Crippen molar-refractivity contribution in [2.75, 3.05) is 64.5 Å². The number of allylic oxidation sites excluding steroid dienone is 1. The van der Waals surface area contributed by atoms with Crippen LogP contribution in [0.5, 0.6) is 5.75 Å². The maximum atomic E-state index is 13.4. The lowest BCUT2D eigenvalue weighted by Gasteiger charge is -2.34. The third-order valence-corrected chi connectivity index (χ3v) is 12.3. The van der Waals surface area contributed by atoms with Crippen molar-refractivity contribution in [3.8, 4) is 5.75 Å². The Hall–Kier alpha value is -5.62. The van der Waals surface area contributed by atoms with E-state index in [4.69, 9.17) is 14.5 Å². The molecule has 4 aliphatic rings. The van der Waals surface area contributed by atoms with Gasteiger partial charge in [-0.05, 0) is 98.5 Å². The van der Waals surface area contributed by atoms with Crippen LogP contribution < -0.4 is 15.4 Å². The molecule has 4 amide bonds. The molecule has 4 aromatic rings. The van der Waals surface area contributed by atoms with Crippen LogP contribution in [0.15, 0.2) is 72.9 Å². The highest BCUT2D eigenvalue weighted by Crippen LogP contribution is 2.38. The minimum atomic E-state index is -4.58. The third-order valence-electron chi connectivity index (χ3n) is 12.3. The summed E-state index contributed by atoms with van der Waals surface area (Å²) in [5.41, 5.74) is 2.60. The number of hydrogen-bond donors (Lipinski definition) is 3. The molecular formula is C45H50F3N7O7. The number of rotatable bonds is 14. The van der Waals surface area contributed by atoms with E-state index >= 15 is 0 Å². The number of piperazine rings is 1. The SMILES string of the molecule is C=C1CCC(N2C(=O)c3ccc(OCCOCCN4CCN(Cc5ccc6c(c5)nc(NC(=O)c5cccc(C(F)(F)F)c5)n6[C@H]5CC[C@@H](CO)CC5)CC4)cc3C2=O)C(=O)N1. The van der Waals surface area contributed by atoms with Gasteiger partial charge in [-0.3, -0.25) is 39.2 Å². The fraction of sp³-hybridized carbons (Fsp3) is 0.444. The first kappa shape index (κ1) is 43.0. The molecule has 3 fully saturated rings. The Labute approximate surface area is 356 Å². The second kappa shape index (κ2) is 18.4. The Morgan fingerprint density at radius 3 is 2.39 bits per heavy atom. The molecule has 17 heteroatoms. The summed E-state index contributed by atoms with van der Waals surface area (Å²) >= 11 is 0. The predicted molar refractivity (Wildman–Crippen MR) is 222 cm³/mol. The first-order valence-corrected chi connectivity index (χ1v) is 21.1. The molecule has 8 rings (SSSR count).